The van der Waals surface area contributed by atoms with Gasteiger partial charge in [0.25, 0.3) is 0 Å². The summed E-state index contributed by atoms with van der Waals surface area (Å²) in [5, 5.41) is 3.24. The van der Waals surface area contributed by atoms with Crippen molar-refractivity contribution in [3.05, 3.63) is 57.6 Å². The smallest absolute Gasteiger partial charge is 0.125 e. The number of hydrogen-bond donors (Lipinski definition) is 1. The van der Waals surface area contributed by atoms with Gasteiger partial charge in [-0.15, -0.1) is 0 Å². The zero-order valence-corrected chi connectivity index (χ0v) is 10.6. The lowest BCUT2D eigenvalue weighted by Crippen LogP contribution is -2.16. The molecule has 0 spiro atoms. The third-order valence-electron chi connectivity index (χ3n) is 2.32. The summed E-state index contributed by atoms with van der Waals surface area (Å²) in [6, 6.07) is 12.5. The van der Waals surface area contributed by atoms with Crippen LogP contribution in [-0.2, 0) is 0 Å². The second kappa shape index (κ2) is 4.81. The minimum Gasteiger partial charge on any atom is -0.467 e. The molecule has 2 aromatic rings. The molecule has 1 heterocycles. The predicted molar refractivity (Wildman–Crippen MR) is 68.8 cm³/mol. The van der Waals surface area contributed by atoms with E-state index in [1.165, 1.54) is 9.13 Å². The van der Waals surface area contributed by atoms with E-state index in [0.717, 1.165) is 5.76 Å². The largest absolute Gasteiger partial charge is 0.467 e. The lowest BCUT2D eigenvalue weighted by Gasteiger charge is -2.13. The summed E-state index contributed by atoms with van der Waals surface area (Å²) in [5.74, 6) is 0.943. The Morgan fingerprint density at radius 1 is 1.20 bits per heavy atom. The minimum atomic E-state index is 0.136. The Morgan fingerprint density at radius 3 is 2.47 bits per heavy atom. The molecule has 0 aliphatic rings. The molecule has 1 atom stereocenters. The summed E-state index contributed by atoms with van der Waals surface area (Å²) in [6.07, 6.45) is 1.70. The van der Waals surface area contributed by atoms with Crippen LogP contribution in [0.2, 0.25) is 0 Å². The van der Waals surface area contributed by atoms with E-state index in [2.05, 4.69) is 52.2 Å². The standard InChI is InChI=1S/C12H12INO/c1-14-12(11-3-2-8-15-11)9-4-6-10(13)7-5-9/h2-8,12,14H,1H3. The highest BCUT2D eigenvalue weighted by atomic mass is 127. The molecule has 0 radical (unpaired) electrons. The van der Waals surface area contributed by atoms with E-state index in [1.807, 2.05) is 19.2 Å². The van der Waals surface area contributed by atoms with Crippen LogP contribution >= 0.6 is 22.6 Å². The second-order valence-corrected chi connectivity index (χ2v) is 4.53. The van der Waals surface area contributed by atoms with Crippen LogP contribution in [0, 0.1) is 3.57 Å². The van der Waals surface area contributed by atoms with Gasteiger partial charge in [-0.2, -0.15) is 0 Å². The minimum absolute atomic E-state index is 0.136. The Balaban J connectivity index is 2.31. The molecule has 15 heavy (non-hydrogen) atoms. The van der Waals surface area contributed by atoms with E-state index >= 15 is 0 Å². The van der Waals surface area contributed by atoms with Gasteiger partial charge in [0.05, 0.1) is 12.3 Å². The lowest BCUT2D eigenvalue weighted by atomic mass is 10.1. The molecule has 1 aromatic heterocycles. The average molecular weight is 313 g/mol. The Bertz CT molecular complexity index is 408. The van der Waals surface area contributed by atoms with Gasteiger partial charge in [-0.25, -0.2) is 0 Å². The molecular formula is C12H12INO. The van der Waals surface area contributed by atoms with Crippen LogP contribution in [0.15, 0.2) is 47.1 Å². The van der Waals surface area contributed by atoms with Gasteiger partial charge in [0.1, 0.15) is 5.76 Å². The van der Waals surface area contributed by atoms with Crippen molar-refractivity contribution < 1.29 is 4.42 Å². The van der Waals surface area contributed by atoms with Crippen molar-refractivity contribution in [2.24, 2.45) is 0 Å². The van der Waals surface area contributed by atoms with Gasteiger partial charge in [-0.05, 0) is 59.5 Å². The molecule has 0 aliphatic heterocycles. The number of rotatable bonds is 3. The number of hydrogen-bond acceptors (Lipinski definition) is 2. The summed E-state index contributed by atoms with van der Waals surface area (Å²) in [7, 11) is 1.94. The fourth-order valence-corrected chi connectivity index (χ4v) is 1.94. The van der Waals surface area contributed by atoms with E-state index in [4.69, 9.17) is 4.42 Å². The van der Waals surface area contributed by atoms with Crippen molar-refractivity contribution >= 4 is 22.6 Å². The van der Waals surface area contributed by atoms with Crippen molar-refractivity contribution in [3.63, 3.8) is 0 Å². The van der Waals surface area contributed by atoms with E-state index in [9.17, 15) is 0 Å². The third kappa shape index (κ3) is 2.41. The monoisotopic (exact) mass is 313 g/mol. The van der Waals surface area contributed by atoms with E-state index in [1.54, 1.807) is 6.26 Å². The first-order chi connectivity index (χ1) is 7.31. The molecule has 0 fully saturated rings. The van der Waals surface area contributed by atoms with E-state index in [-0.39, 0.29) is 6.04 Å². The van der Waals surface area contributed by atoms with Crippen LogP contribution < -0.4 is 5.32 Å². The molecule has 0 saturated heterocycles. The SMILES string of the molecule is CNC(c1ccc(I)cc1)c1ccco1. The molecule has 78 valence electrons. The maximum absolute atomic E-state index is 5.41. The molecular weight excluding hydrogens is 301 g/mol. The summed E-state index contributed by atoms with van der Waals surface area (Å²) in [6.45, 7) is 0. The van der Waals surface area contributed by atoms with Crippen LogP contribution in [0.3, 0.4) is 0 Å². The van der Waals surface area contributed by atoms with Crippen LogP contribution in [0.5, 0.6) is 0 Å². The Labute approximate surface area is 103 Å². The fraction of sp³-hybridized carbons (Fsp3) is 0.167. The Kier molecular flexibility index (Phi) is 3.43. The topological polar surface area (TPSA) is 25.2 Å². The first-order valence-electron chi connectivity index (χ1n) is 4.77. The van der Waals surface area contributed by atoms with Crippen molar-refractivity contribution in [2.45, 2.75) is 6.04 Å². The molecule has 1 aromatic carbocycles. The first kappa shape index (κ1) is 10.7. The van der Waals surface area contributed by atoms with Crippen LogP contribution in [-0.4, -0.2) is 7.05 Å². The summed E-state index contributed by atoms with van der Waals surface area (Å²) < 4.78 is 6.65. The molecule has 0 amide bonds. The van der Waals surface area contributed by atoms with E-state index < -0.39 is 0 Å². The van der Waals surface area contributed by atoms with Crippen molar-refractivity contribution in [1.29, 1.82) is 0 Å². The van der Waals surface area contributed by atoms with Gasteiger partial charge in [0.15, 0.2) is 0 Å². The van der Waals surface area contributed by atoms with E-state index in [0.29, 0.717) is 0 Å². The van der Waals surface area contributed by atoms with Gasteiger partial charge >= 0.3 is 0 Å². The summed E-state index contributed by atoms with van der Waals surface area (Å²) >= 11 is 2.30. The van der Waals surface area contributed by atoms with Gasteiger partial charge in [-0.3, -0.25) is 0 Å². The fourth-order valence-electron chi connectivity index (χ4n) is 1.58. The molecule has 0 saturated carbocycles. The van der Waals surface area contributed by atoms with Gasteiger partial charge < -0.3 is 9.73 Å². The highest BCUT2D eigenvalue weighted by Gasteiger charge is 2.13. The van der Waals surface area contributed by atoms with Crippen molar-refractivity contribution in [2.75, 3.05) is 7.05 Å². The molecule has 1 N–H and O–H groups in total. The molecule has 3 heteroatoms. The highest BCUT2D eigenvalue weighted by Crippen LogP contribution is 2.22. The van der Waals surface area contributed by atoms with Crippen LogP contribution in [0.1, 0.15) is 17.4 Å². The quantitative estimate of drug-likeness (QED) is 0.881. The Hall–Kier alpha value is -0.810. The number of furan rings is 1. The first-order valence-corrected chi connectivity index (χ1v) is 5.85. The van der Waals surface area contributed by atoms with Crippen molar-refractivity contribution in [3.8, 4) is 0 Å². The number of nitrogens with one attached hydrogen (secondary N) is 1. The Morgan fingerprint density at radius 2 is 1.93 bits per heavy atom. The molecule has 0 bridgehead atoms. The summed E-state index contributed by atoms with van der Waals surface area (Å²) in [4.78, 5) is 0. The molecule has 2 nitrogen and oxygen atoms in total. The molecule has 2 rings (SSSR count). The van der Waals surface area contributed by atoms with Gasteiger partial charge in [-0.1, -0.05) is 12.1 Å². The molecule has 1 unspecified atom stereocenters. The number of halogens is 1. The third-order valence-corrected chi connectivity index (χ3v) is 3.04. The van der Waals surface area contributed by atoms with Crippen molar-refractivity contribution in [1.82, 2.24) is 5.32 Å². The highest BCUT2D eigenvalue weighted by molar-refractivity contribution is 14.1. The maximum Gasteiger partial charge on any atom is 0.125 e. The second-order valence-electron chi connectivity index (χ2n) is 3.29. The normalized spacial score (nSPS) is 12.7. The van der Waals surface area contributed by atoms with Crippen LogP contribution in [0.25, 0.3) is 0 Å². The van der Waals surface area contributed by atoms with Gasteiger partial charge in [0.2, 0.25) is 0 Å². The van der Waals surface area contributed by atoms with Gasteiger partial charge in [0, 0.05) is 3.57 Å². The zero-order valence-electron chi connectivity index (χ0n) is 8.41. The summed E-state index contributed by atoms with van der Waals surface area (Å²) in [5.41, 5.74) is 1.22. The zero-order chi connectivity index (χ0) is 10.7. The lowest BCUT2D eigenvalue weighted by molar-refractivity contribution is 0.463. The predicted octanol–water partition coefficient (Wildman–Crippen LogP) is 3.19. The molecule has 0 aliphatic carbocycles. The average Bonchev–Trinajstić information content (AvgIpc) is 2.75. The number of benzene rings is 1. The van der Waals surface area contributed by atoms with Crippen LogP contribution in [0.4, 0.5) is 0 Å². The maximum atomic E-state index is 5.41.